The zero-order chi connectivity index (χ0) is 16.1. The van der Waals surface area contributed by atoms with Gasteiger partial charge in [0.05, 0.1) is 10.7 Å². The molecule has 2 amide bonds. The van der Waals surface area contributed by atoms with Crippen LogP contribution in [0.3, 0.4) is 0 Å². The van der Waals surface area contributed by atoms with Gasteiger partial charge < -0.3 is 15.5 Å². The van der Waals surface area contributed by atoms with E-state index in [0.29, 0.717) is 41.8 Å². The van der Waals surface area contributed by atoms with Crippen molar-refractivity contribution < 1.29 is 9.59 Å². The molecule has 22 heavy (non-hydrogen) atoms. The van der Waals surface area contributed by atoms with Crippen LogP contribution in [0.25, 0.3) is 0 Å². The number of hydrogen-bond donors (Lipinski definition) is 2. The van der Waals surface area contributed by atoms with Crippen molar-refractivity contribution in [3.05, 3.63) is 28.2 Å². The number of nitrogens with zero attached hydrogens (tertiary/aromatic N) is 1. The highest BCUT2D eigenvalue weighted by molar-refractivity contribution is 6.36. The van der Waals surface area contributed by atoms with Crippen LogP contribution in [0.4, 0.5) is 5.69 Å². The average Bonchev–Trinajstić information content (AvgIpc) is 2.87. The fourth-order valence-electron chi connectivity index (χ4n) is 2.43. The monoisotopic (exact) mass is 343 g/mol. The van der Waals surface area contributed by atoms with Gasteiger partial charge in [-0.1, -0.05) is 30.1 Å². The van der Waals surface area contributed by atoms with Crippen molar-refractivity contribution in [2.24, 2.45) is 5.92 Å². The van der Waals surface area contributed by atoms with E-state index in [-0.39, 0.29) is 11.8 Å². The number of likely N-dealkylation sites (N-methyl/N-ethyl adjacent to an activating group) is 1. The van der Waals surface area contributed by atoms with E-state index in [1.807, 2.05) is 6.92 Å². The minimum absolute atomic E-state index is 0.231. The highest BCUT2D eigenvalue weighted by Gasteiger charge is 2.38. The van der Waals surface area contributed by atoms with Crippen molar-refractivity contribution in [3.8, 4) is 0 Å². The molecule has 0 aromatic heterocycles. The summed E-state index contributed by atoms with van der Waals surface area (Å²) in [5.41, 5.74) is 0.558. The quantitative estimate of drug-likeness (QED) is 0.614. The first kappa shape index (κ1) is 17.1. The topological polar surface area (TPSA) is 61.4 Å². The molecule has 1 heterocycles. The normalized spacial score (nSPS) is 17.9. The molecule has 2 N–H and O–H groups in total. The predicted molar refractivity (Wildman–Crippen MR) is 88.5 cm³/mol. The van der Waals surface area contributed by atoms with Crippen LogP contribution in [0, 0.1) is 5.92 Å². The van der Waals surface area contributed by atoms with Crippen molar-refractivity contribution in [2.75, 3.05) is 31.1 Å². The first-order valence-electron chi connectivity index (χ1n) is 7.29. The van der Waals surface area contributed by atoms with Gasteiger partial charge in [-0.2, -0.15) is 0 Å². The minimum Gasteiger partial charge on any atom is -0.354 e. The Balaban J connectivity index is 2.00. The Kier molecular flexibility index (Phi) is 6.06. The van der Waals surface area contributed by atoms with Crippen molar-refractivity contribution >= 4 is 40.7 Å². The number of hydrogen-bond acceptors (Lipinski definition) is 3. The molecule has 1 aliphatic rings. The van der Waals surface area contributed by atoms with E-state index in [0.717, 1.165) is 6.54 Å². The first-order chi connectivity index (χ1) is 10.5. The van der Waals surface area contributed by atoms with Gasteiger partial charge in [0.25, 0.3) is 0 Å². The molecule has 1 fully saturated rings. The third-order valence-electron chi connectivity index (χ3n) is 3.57. The maximum atomic E-state index is 12.4. The second-order valence-electron chi connectivity index (χ2n) is 5.07. The summed E-state index contributed by atoms with van der Waals surface area (Å²) >= 11 is 12.1. The lowest BCUT2D eigenvalue weighted by Crippen LogP contribution is -2.39. The molecule has 1 atom stereocenters. The lowest BCUT2D eigenvalue weighted by atomic mass is 10.1. The van der Waals surface area contributed by atoms with E-state index in [4.69, 9.17) is 23.2 Å². The van der Waals surface area contributed by atoms with E-state index in [9.17, 15) is 9.59 Å². The average molecular weight is 344 g/mol. The minimum atomic E-state index is -0.656. The SMILES string of the molecule is CCNCCNC(=O)C1CCN(c2cc(Cl)ccc2Cl)C1=O. The van der Waals surface area contributed by atoms with E-state index >= 15 is 0 Å². The number of benzene rings is 1. The van der Waals surface area contributed by atoms with Crippen LogP contribution in [0.15, 0.2) is 18.2 Å². The lowest BCUT2D eigenvalue weighted by molar-refractivity contribution is -0.132. The molecule has 120 valence electrons. The summed E-state index contributed by atoms with van der Waals surface area (Å²) in [5.74, 6) is -1.12. The predicted octanol–water partition coefficient (Wildman–Crippen LogP) is 2.07. The molecule has 0 saturated carbocycles. The van der Waals surface area contributed by atoms with Crippen LogP contribution < -0.4 is 15.5 Å². The molecule has 1 aromatic carbocycles. The Morgan fingerprint density at radius 2 is 2.14 bits per heavy atom. The Bertz CT molecular complexity index is 566. The molecule has 1 saturated heterocycles. The zero-order valence-electron chi connectivity index (χ0n) is 12.4. The van der Waals surface area contributed by atoms with Gasteiger partial charge >= 0.3 is 0 Å². The number of rotatable bonds is 6. The molecule has 7 heteroatoms. The number of halogens is 2. The Morgan fingerprint density at radius 3 is 2.86 bits per heavy atom. The fourth-order valence-corrected chi connectivity index (χ4v) is 2.82. The van der Waals surface area contributed by atoms with Crippen LogP contribution in [-0.2, 0) is 9.59 Å². The number of nitrogens with one attached hydrogen (secondary N) is 2. The van der Waals surface area contributed by atoms with Crippen molar-refractivity contribution in [3.63, 3.8) is 0 Å². The number of anilines is 1. The molecule has 2 rings (SSSR count). The summed E-state index contributed by atoms with van der Waals surface area (Å²) < 4.78 is 0. The Morgan fingerprint density at radius 1 is 1.36 bits per heavy atom. The molecule has 1 unspecified atom stereocenters. The van der Waals surface area contributed by atoms with Gasteiger partial charge in [0.1, 0.15) is 5.92 Å². The third kappa shape index (κ3) is 3.91. The number of carbonyl (C=O) groups is 2. The highest BCUT2D eigenvalue weighted by Crippen LogP contribution is 2.33. The molecule has 0 radical (unpaired) electrons. The van der Waals surface area contributed by atoms with Crippen molar-refractivity contribution in [1.82, 2.24) is 10.6 Å². The van der Waals surface area contributed by atoms with Gasteiger partial charge in [-0.25, -0.2) is 0 Å². The Labute approximate surface area is 139 Å². The van der Waals surface area contributed by atoms with Gasteiger partial charge in [-0.05, 0) is 31.2 Å². The summed E-state index contributed by atoms with van der Waals surface area (Å²) in [4.78, 5) is 26.1. The maximum Gasteiger partial charge on any atom is 0.239 e. The van der Waals surface area contributed by atoms with Crippen molar-refractivity contribution in [2.45, 2.75) is 13.3 Å². The summed E-state index contributed by atoms with van der Waals surface area (Å²) in [6, 6.07) is 4.96. The number of amides is 2. The molecular weight excluding hydrogens is 325 g/mol. The van der Waals surface area contributed by atoms with Crippen molar-refractivity contribution in [1.29, 1.82) is 0 Å². The molecule has 0 spiro atoms. The van der Waals surface area contributed by atoms with Gasteiger partial charge in [-0.15, -0.1) is 0 Å². The third-order valence-corrected chi connectivity index (χ3v) is 4.13. The van der Waals surface area contributed by atoms with Crippen LogP contribution in [0.2, 0.25) is 10.0 Å². The molecular formula is C15H19Cl2N3O2. The number of carbonyl (C=O) groups excluding carboxylic acids is 2. The molecule has 0 aliphatic carbocycles. The summed E-state index contributed by atoms with van der Waals surface area (Å²) in [6.45, 7) is 4.50. The van der Waals surface area contributed by atoms with Crippen LogP contribution in [-0.4, -0.2) is 38.0 Å². The van der Waals surface area contributed by atoms with Gasteiger partial charge in [0.15, 0.2) is 0 Å². The summed E-state index contributed by atoms with van der Waals surface area (Å²) in [7, 11) is 0. The fraction of sp³-hybridized carbons (Fsp3) is 0.467. The van der Waals surface area contributed by atoms with E-state index in [1.54, 1.807) is 18.2 Å². The van der Waals surface area contributed by atoms with Crippen LogP contribution in [0.5, 0.6) is 0 Å². The van der Waals surface area contributed by atoms with E-state index < -0.39 is 5.92 Å². The van der Waals surface area contributed by atoms with Gasteiger partial charge in [0, 0.05) is 24.7 Å². The van der Waals surface area contributed by atoms with E-state index in [2.05, 4.69) is 10.6 Å². The van der Waals surface area contributed by atoms with Gasteiger partial charge in [-0.3, -0.25) is 9.59 Å². The largest absolute Gasteiger partial charge is 0.354 e. The smallest absolute Gasteiger partial charge is 0.239 e. The Hall–Kier alpha value is -1.30. The zero-order valence-corrected chi connectivity index (χ0v) is 13.9. The second kappa shape index (κ2) is 7.81. The second-order valence-corrected chi connectivity index (χ2v) is 5.92. The van der Waals surface area contributed by atoms with Crippen LogP contribution >= 0.6 is 23.2 Å². The standard InChI is InChI=1S/C15H19Cl2N3O2/c1-2-18-6-7-19-14(21)11-5-8-20(15(11)22)13-9-10(16)3-4-12(13)17/h3-4,9,11,18H,2,5-8H2,1H3,(H,19,21). The maximum absolute atomic E-state index is 12.4. The van der Waals surface area contributed by atoms with Gasteiger partial charge in [0.2, 0.25) is 11.8 Å². The lowest BCUT2D eigenvalue weighted by Gasteiger charge is -2.18. The molecule has 1 aromatic rings. The summed E-state index contributed by atoms with van der Waals surface area (Å²) in [6.07, 6.45) is 0.481. The molecule has 1 aliphatic heterocycles. The molecule has 5 nitrogen and oxygen atoms in total. The molecule has 0 bridgehead atoms. The van der Waals surface area contributed by atoms with E-state index in [1.165, 1.54) is 4.90 Å². The first-order valence-corrected chi connectivity index (χ1v) is 8.05. The summed E-state index contributed by atoms with van der Waals surface area (Å²) in [5, 5.41) is 6.85. The highest BCUT2D eigenvalue weighted by atomic mass is 35.5. The van der Waals surface area contributed by atoms with Crippen LogP contribution in [0.1, 0.15) is 13.3 Å².